The van der Waals surface area contributed by atoms with Gasteiger partial charge in [0, 0.05) is 19.1 Å². The van der Waals surface area contributed by atoms with E-state index in [1.165, 1.54) is 0 Å². The molecule has 0 aromatic carbocycles. The number of rotatable bonds is 4. The van der Waals surface area contributed by atoms with Crippen molar-refractivity contribution in [2.24, 2.45) is 0 Å². The van der Waals surface area contributed by atoms with Gasteiger partial charge in [-0.1, -0.05) is 0 Å². The fourth-order valence-electron chi connectivity index (χ4n) is 1.91. The molecule has 5 nitrogen and oxygen atoms in total. The van der Waals surface area contributed by atoms with E-state index >= 15 is 0 Å². The topological polar surface area (TPSA) is 55.8 Å². The molecule has 0 saturated carbocycles. The van der Waals surface area contributed by atoms with E-state index in [0.717, 1.165) is 26.1 Å². The number of aliphatic hydroxyl groups excluding tert-OH is 1. The predicted molar refractivity (Wildman–Crippen MR) is 63.2 cm³/mol. The summed E-state index contributed by atoms with van der Waals surface area (Å²) in [4.78, 5) is 16.0. The third kappa shape index (κ3) is 3.43. The summed E-state index contributed by atoms with van der Waals surface area (Å²) in [6.45, 7) is 4.31. The Bertz CT molecular complexity index is 233. The van der Waals surface area contributed by atoms with Gasteiger partial charge in [0.05, 0.1) is 6.61 Å². The maximum absolute atomic E-state index is 12.1. The van der Waals surface area contributed by atoms with Crippen molar-refractivity contribution in [3.63, 3.8) is 0 Å². The largest absolute Gasteiger partial charge is 0.394 e. The Kier molecular flexibility index (Phi) is 5.18. The van der Waals surface area contributed by atoms with Crippen molar-refractivity contribution >= 4 is 5.91 Å². The molecule has 1 aliphatic rings. The molecule has 0 aliphatic carbocycles. The zero-order chi connectivity index (χ0) is 12.1. The van der Waals surface area contributed by atoms with Crippen LogP contribution >= 0.6 is 0 Å². The minimum Gasteiger partial charge on any atom is -0.394 e. The molecule has 2 N–H and O–H groups in total. The maximum Gasteiger partial charge on any atom is 0.242 e. The van der Waals surface area contributed by atoms with Crippen LogP contribution in [0, 0.1) is 0 Å². The average molecular weight is 229 g/mol. The van der Waals surface area contributed by atoms with Crippen molar-refractivity contribution in [3.8, 4) is 0 Å². The van der Waals surface area contributed by atoms with E-state index in [4.69, 9.17) is 5.11 Å². The lowest BCUT2D eigenvalue weighted by atomic mass is 10.2. The molecule has 5 heteroatoms. The summed E-state index contributed by atoms with van der Waals surface area (Å²) in [6.07, 6.45) is 0.940. The number of carbonyl (C=O) groups is 1. The molecule has 0 aromatic heterocycles. The highest BCUT2D eigenvalue weighted by atomic mass is 16.3. The van der Waals surface area contributed by atoms with Crippen LogP contribution < -0.4 is 5.32 Å². The average Bonchev–Trinajstić information content (AvgIpc) is 2.35. The van der Waals surface area contributed by atoms with E-state index in [0.29, 0.717) is 0 Å². The summed E-state index contributed by atoms with van der Waals surface area (Å²) in [5, 5.41) is 12.2. The van der Waals surface area contributed by atoms with Gasteiger partial charge < -0.3 is 20.2 Å². The normalized spacial score (nSPS) is 27.3. The van der Waals surface area contributed by atoms with E-state index in [-0.39, 0.29) is 18.6 Å². The summed E-state index contributed by atoms with van der Waals surface area (Å²) >= 11 is 0. The molecule has 1 fully saturated rings. The number of hydrogen-bond donors (Lipinski definition) is 2. The van der Waals surface area contributed by atoms with Gasteiger partial charge in [-0.25, -0.2) is 0 Å². The van der Waals surface area contributed by atoms with Crippen LogP contribution in [-0.2, 0) is 4.79 Å². The lowest BCUT2D eigenvalue weighted by Gasteiger charge is -2.29. The second kappa shape index (κ2) is 6.18. The van der Waals surface area contributed by atoms with Gasteiger partial charge in [-0.3, -0.25) is 4.79 Å². The molecule has 1 aliphatic heterocycles. The fraction of sp³-hybridized carbons (Fsp3) is 0.909. The Hall–Kier alpha value is -0.650. The summed E-state index contributed by atoms with van der Waals surface area (Å²) < 4.78 is 0. The summed E-state index contributed by atoms with van der Waals surface area (Å²) in [5.74, 6) is 0.0225. The van der Waals surface area contributed by atoms with Crippen molar-refractivity contribution in [2.75, 3.05) is 40.3 Å². The number of nitrogens with one attached hydrogen (secondary N) is 1. The first-order chi connectivity index (χ1) is 7.56. The minimum absolute atomic E-state index is 0.0225. The Morgan fingerprint density at radius 2 is 2.25 bits per heavy atom. The van der Waals surface area contributed by atoms with Crippen LogP contribution in [0.5, 0.6) is 0 Å². The second-order valence-corrected chi connectivity index (χ2v) is 4.66. The summed E-state index contributed by atoms with van der Waals surface area (Å²) in [6, 6.07) is -0.177. The van der Waals surface area contributed by atoms with Crippen LogP contribution in [0.4, 0.5) is 0 Å². The van der Waals surface area contributed by atoms with Gasteiger partial charge in [0.2, 0.25) is 5.91 Å². The van der Waals surface area contributed by atoms with E-state index in [9.17, 15) is 4.79 Å². The third-order valence-electron chi connectivity index (χ3n) is 3.04. The van der Waals surface area contributed by atoms with Crippen LogP contribution in [0.1, 0.15) is 13.3 Å². The SMILES string of the molecule is CC1CCNC(CO)C(=O)N1CCN(C)C. The van der Waals surface area contributed by atoms with Crippen LogP contribution in [0.15, 0.2) is 0 Å². The molecule has 1 saturated heterocycles. The van der Waals surface area contributed by atoms with Gasteiger partial charge in [0.25, 0.3) is 0 Å². The van der Waals surface area contributed by atoms with Gasteiger partial charge >= 0.3 is 0 Å². The number of amides is 1. The monoisotopic (exact) mass is 229 g/mol. The first-order valence-corrected chi connectivity index (χ1v) is 5.85. The van der Waals surface area contributed by atoms with Crippen molar-refractivity contribution in [2.45, 2.75) is 25.4 Å². The Morgan fingerprint density at radius 1 is 1.56 bits per heavy atom. The number of hydrogen-bond acceptors (Lipinski definition) is 4. The van der Waals surface area contributed by atoms with Crippen molar-refractivity contribution < 1.29 is 9.90 Å². The van der Waals surface area contributed by atoms with Crippen LogP contribution in [0.3, 0.4) is 0 Å². The second-order valence-electron chi connectivity index (χ2n) is 4.66. The van der Waals surface area contributed by atoms with Crippen molar-refractivity contribution in [3.05, 3.63) is 0 Å². The van der Waals surface area contributed by atoms with E-state index in [2.05, 4.69) is 17.1 Å². The molecule has 2 atom stereocenters. The smallest absolute Gasteiger partial charge is 0.242 e. The highest BCUT2D eigenvalue weighted by Gasteiger charge is 2.29. The summed E-state index contributed by atoms with van der Waals surface area (Å²) in [5.41, 5.74) is 0. The molecule has 16 heavy (non-hydrogen) atoms. The van der Waals surface area contributed by atoms with Gasteiger partial charge in [-0.2, -0.15) is 0 Å². The third-order valence-corrected chi connectivity index (χ3v) is 3.04. The molecule has 1 amide bonds. The lowest BCUT2D eigenvalue weighted by molar-refractivity contribution is -0.135. The number of aliphatic hydroxyl groups is 1. The van der Waals surface area contributed by atoms with Crippen LogP contribution in [0.2, 0.25) is 0 Å². The first-order valence-electron chi connectivity index (χ1n) is 5.85. The Labute approximate surface area is 97.4 Å². The van der Waals surface area contributed by atoms with Gasteiger partial charge in [-0.05, 0) is 34.0 Å². The van der Waals surface area contributed by atoms with Gasteiger partial charge in [0.1, 0.15) is 6.04 Å². The molecule has 2 unspecified atom stereocenters. The molecule has 94 valence electrons. The first kappa shape index (κ1) is 13.4. The van der Waals surface area contributed by atoms with Crippen molar-refractivity contribution in [1.29, 1.82) is 0 Å². The molecule has 0 aromatic rings. The zero-order valence-corrected chi connectivity index (χ0v) is 10.4. The molecule has 0 spiro atoms. The minimum atomic E-state index is -0.424. The van der Waals surface area contributed by atoms with Crippen molar-refractivity contribution in [1.82, 2.24) is 15.1 Å². The molecule has 0 radical (unpaired) electrons. The Balaban J connectivity index is 2.63. The van der Waals surface area contributed by atoms with E-state index in [1.54, 1.807) is 0 Å². The number of likely N-dealkylation sites (N-methyl/N-ethyl adjacent to an activating group) is 1. The maximum atomic E-state index is 12.1. The van der Waals surface area contributed by atoms with Crippen LogP contribution in [0.25, 0.3) is 0 Å². The van der Waals surface area contributed by atoms with Gasteiger partial charge in [-0.15, -0.1) is 0 Å². The zero-order valence-electron chi connectivity index (χ0n) is 10.4. The molecule has 1 rings (SSSR count). The molecular weight excluding hydrogens is 206 g/mol. The van der Waals surface area contributed by atoms with Gasteiger partial charge in [0.15, 0.2) is 0 Å². The molecule has 0 bridgehead atoms. The molecular formula is C11H23N3O2. The highest BCUT2D eigenvalue weighted by molar-refractivity contribution is 5.82. The van der Waals surface area contributed by atoms with E-state index < -0.39 is 6.04 Å². The number of carbonyl (C=O) groups excluding carboxylic acids is 1. The fourth-order valence-corrected chi connectivity index (χ4v) is 1.91. The quantitative estimate of drug-likeness (QED) is 0.657. The van der Waals surface area contributed by atoms with Crippen LogP contribution in [-0.4, -0.2) is 73.2 Å². The lowest BCUT2D eigenvalue weighted by Crippen LogP contribution is -2.49. The highest BCUT2D eigenvalue weighted by Crippen LogP contribution is 2.10. The Morgan fingerprint density at radius 3 is 2.81 bits per heavy atom. The number of nitrogens with zero attached hydrogens (tertiary/aromatic N) is 2. The molecule has 1 heterocycles. The summed E-state index contributed by atoms with van der Waals surface area (Å²) in [7, 11) is 3.99. The standard InChI is InChI=1S/C11H23N3O2/c1-9-4-5-12-10(8-15)11(16)14(9)7-6-13(2)3/h9-10,12,15H,4-8H2,1-3H3. The predicted octanol–water partition coefficient (Wildman–Crippen LogP) is -0.881. The van der Waals surface area contributed by atoms with E-state index in [1.807, 2.05) is 19.0 Å².